The summed E-state index contributed by atoms with van der Waals surface area (Å²) in [5.41, 5.74) is 4.13. The minimum absolute atomic E-state index is 0.154. The molecule has 0 unspecified atom stereocenters. The number of hydrogen-bond acceptors (Lipinski definition) is 3. The van der Waals surface area contributed by atoms with Crippen LogP contribution < -0.4 is 10.6 Å². The van der Waals surface area contributed by atoms with Crippen LogP contribution in [0.2, 0.25) is 5.02 Å². The summed E-state index contributed by atoms with van der Waals surface area (Å²) in [4.78, 5) is 13.2. The van der Waals surface area contributed by atoms with E-state index in [1.807, 2.05) is 54.1 Å². The highest BCUT2D eigenvalue weighted by atomic mass is 79.9. The zero-order chi connectivity index (χ0) is 20.4. The number of hydrogen-bond donors (Lipinski definition) is 2. The summed E-state index contributed by atoms with van der Waals surface area (Å²) in [7, 11) is 0. The van der Waals surface area contributed by atoms with Crippen LogP contribution >= 0.6 is 27.5 Å². The second-order valence-corrected chi connectivity index (χ2v) is 8.51. The molecule has 3 aromatic rings. The first-order valence-corrected chi connectivity index (χ1v) is 10.8. The third kappa shape index (κ3) is 4.25. The van der Waals surface area contributed by atoms with Gasteiger partial charge in [-0.1, -0.05) is 39.7 Å². The number of rotatable bonds is 4. The van der Waals surface area contributed by atoms with Gasteiger partial charge in [-0.2, -0.15) is 5.10 Å². The molecule has 29 heavy (non-hydrogen) atoms. The highest BCUT2D eigenvalue weighted by molar-refractivity contribution is 9.10. The largest absolute Gasteiger partial charge is 0.322 e. The molecule has 1 aliphatic heterocycles. The lowest BCUT2D eigenvalue weighted by Crippen LogP contribution is -2.29. The molecule has 150 valence electrons. The summed E-state index contributed by atoms with van der Waals surface area (Å²) < 4.78 is 2.84. The van der Waals surface area contributed by atoms with Crippen molar-refractivity contribution in [1.82, 2.24) is 15.1 Å². The van der Waals surface area contributed by atoms with Gasteiger partial charge in [0.25, 0.3) is 5.91 Å². The molecule has 1 saturated heterocycles. The monoisotopic (exact) mass is 472 g/mol. The first-order chi connectivity index (χ1) is 14.0. The molecule has 5 nitrogen and oxygen atoms in total. The molecule has 1 amide bonds. The van der Waals surface area contributed by atoms with E-state index >= 15 is 0 Å². The quantitative estimate of drug-likeness (QED) is 0.539. The fourth-order valence-corrected chi connectivity index (χ4v) is 4.22. The van der Waals surface area contributed by atoms with Crippen molar-refractivity contribution in [2.24, 2.45) is 0 Å². The maximum atomic E-state index is 13.2. The minimum Gasteiger partial charge on any atom is -0.322 e. The summed E-state index contributed by atoms with van der Waals surface area (Å²) in [5, 5.41) is 11.6. The number of carbonyl (C=O) groups excluding carboxylic acids is 1. The van der Waals surface area contributed by atoms with Gasteiger partial charge in [-0.25, -0.2) is 4.68 Å². The summed E-state index contributed by atoms with van der Waals surface area (Å²) >= 11 is 9.94. The number of nitrogens with one attached hydrogen (secondary N) is 2. The van der Waals surface area contributed by atoms with Crippen LogP contribution in [0.3, 0.4) is 0 Å². The second-order valence-electron chi connectivity index (χ2n) is 7.25. The van der Waals surface area contributed by atoms with Crippen molar-refractivity contribution in [2.45, 2.75) is 25.7 Å². The zero-order valence-electron chi connectivity index (χ0n) is 16.1. The highest BCUT2D eigenvalue weighted by Gasteiger charge is 2.27. The van der Waals surface area contributed by atoms with Crippen molar-refractivity contribution in [3.8, 4) is 5.69 Å². The molecule has 2 heterocycles. The molecule has 1 aromatic heterocycles. The number of carbonyl (C=O) groups is 1. The Morgan fingerprint density at radius 1 is 1.24 bits per heavy atom. The predicted molar refractivity (Wildman–Crippen MR) is 120 cm³/mol. The Bertz CT molecular complexity index is 1040. The number of aryl methyl sites for hydroxylation is 1. The van der Waals surface area contributed by atoms with Crippen molar-refractivity contribution in [1.29, 1.82) is 0 Å². The van der Waals surface area contributed by atoms with Gasteiger partial charge in [0, 0.05) is 16.1 Å². The lowest BCUT2D eigenvalue weighted by atomic mass is 9.91. The Kier molecular flexibility index (Phi) is 6.04. The minimum atomic E-state index is -0.154. The molecule has 7 heteroatoms. The SMILES string of the molecule is Cc1cc(NC(=O)c2cnn(-c3ccccc3Cl)c2C2CCNCC2)ccc1Br. The topological polar surface area (TPSA) is 59.0 Å². The first-order valence-electron chi connectivity index (χ1n) is 9.65. The van der Waals surface area contributed by atoms with E-state index in [-0.39, 0.29) is 11.8 Å². The van der Waals surface area contributed by atoms with Gasteiger partial charge in [0.2, 0.25) is 0 Å². The van der Waals surface area contributed by atoms with Crippen LogP contribution in [0.5, 0.6) is 0 Å². The van der Waals surface area contributed by atoms with Crippen LogP contribution in [-0.4, -0.2) is 28.8 Å². The molecular formula is C22H22BrClN4O. The molecule has 0 saturated carbocycles. The summed E-state index contributed by atoms with van der Waals surface area (Å²) in [6, 6.07) is 13.4. The molecule has 0 spiro atoms. The van der Waals surface area contributed by atoms with Crippen LogP contribution in [0.1, 0.15) is 40.4 Å². The molecule has 0 bridgehead atoms. The van der Waals surface area contributed by atoms with Gasteiger partial charge >= 0.3 is 0 Å². The van der Waals surface area contributed by atoms with E-state index in [1.165, 1.54) is 0 Å². The van der Waals surface area contributed by atoms with Crippen LogP contribution in [0.15, 0.2) is 53.1 Å². The van der Waals surface area contributed by atoms with Crippen LogP contribution in [-0.2, 0) is 0 Å². The molecule has 0 radical (unpaired) electrons. The van der Waals surface area contributed by atoms with E-state index in [4.69, 9.17) is 11.6 Å². The first kappa shape index (κ1) is 20.1. The standard InChI is InChI=1S/C22H22BrClN4O/c1-14-12-16(6-7-18(14)23)27-22(29)17-13-26-28(20-5-3-2-4-19(20)24)21(17)15-8-10-25-11-9-15/h2-7,12-13,15,25H,8-11H2,1H3,(H,27,29). The predicted octanol–water partition coefficient (Wildman–Crippen LogP) is 5.32. The van der Waals surface area contributed by atoms with Crippen molar-refractivity contribution in [3.05, 3.63) is 75.0 Å². The van der Waals surface area contributed by atoms with Gasteiger partial charge in [-0.05, 0) is 68.8 Å². The van der Waals surface area contributed by atoms with Crippen molar-refractivity contribution >= 4 is 39.1 Å². The maximum Gasteiger partial charge on any atom is 0.259 e. The fourth-order valence-electron chi connectivity index (χ4n) is 3.76. The summed E-state index contributed by atoms with van der Waals surface area (Å²) in [6.07, 6.45) is 3.56. The van der Waals surface area contributed by atoms with E-state index in [0.717, 1.165) is 53.0 Å². The van der Waals surface area contributed by atoms with Crippen molar-refractivity contribution in [3.63, 3.8) is 0 Å². The normalized spacial score (nSPS) is 14.7. The molecular weight excluding hydrogens is 452 g/mol. The van der Waals surface area contributed by atoms with Gasteiger partial charge < -0.3 is 10.6 Å². The molecule has 4 rings (SSSR count). The fraction of sp³-hybridized carbons (Fsp3) is 0.273. The number of amides is 1. The van der Waals surface area contributed by atoms with Crippen molar-refractivity contribution in [2.75, 3.05) is 18.4 Å². The van der Waals surface area contributed by atoms with E-state index in [2.05, 4.69) is 31.7 Å². The third-order valence-corrected chi connectivity index (χ3v) is 6.48. The van der Waals surface area contributed by atoms with Gasteiger partial charge in [-0.15, -0.1) is 0 Å². The molecule has 2 aromatic carbocycles. The average molecular weight is 474 g/mol. The van der Waals surface area contributed by atoms with Crippen LogP contribution in [0, 0.1) is 6.92 Å². The maximum absolute atomic E-state index is 13.2. The van der Waals surface area contributed by atoms with Crippen LogP contribution in [0.4, 0.5) is 5.69 Å². The number of benzene rings is 2. The number of nitrogens with zero attached hydrogens (tertiary/aromatic N) is 2. The Morgan fingerprint density at radius 3 is 2.72 bits per heavy atom. The second kappa shape index (κ2) is 8.69. The van der Waals surface area contributed by atoms with Gasteiger partial charge in [0.05, 0.1) is 28.2 Å². The summed E-state index contributed by atoms with van der Waals surface area (Å²) in [6.45, 7) is 3.84. The van der Waals surface area contributed by atoms with Crippen LogP contribution in [0.25, 0.3) is 5.69 Å². The number of anilines is 1. The number of aromatic nitrogens is 2. The van der Waals surface area contributed by atoms with E-state index < -0.39 is 0 Å². The zero-order valence-corrected chi connectivity index (χ0v) is 18.4. The molecule has 2 N–H and O–H groups in total. The Labute approximate surface area is 183 Å². The molecule has 0 atom stereocenters. The lowest BCUT2D eigenvalue weighted by molar-refractivity contribution is 0.102. The summed E-state index contributed by atoms with van der Waals surface area (Å²) in [5.74, 6) is 0.0842. The van der Waals surface area contributed by atoms with Gasteiger partial charge in [0.15, 0.2) is 0 Å². The Hall–Kier alpha value is -2.15. The van der Waals surface area contributed by atoms with Gasteiger partial charge in [0.1, 0.15) is 0 Å². The number of halogens is 2. The van der Waals surface area contributed by atoms with Gasteiger partial charge in [-0.3, -0.25) is 4.79 Å². The van der Waals surface area contributed by atoms with E-state index in [9.17, 15) is 4.79 Å². The lowest BCUT2D eigenvalue weighted by Gasteiger charge is -2.25. The number of piperidine rings is 1. The molecule has 1 fully saturated rings. The molecule has 1 aliphatic rings. The van der Waals surface area contributed by atoms with E-state index in [0.29, 0.717) is 10.6 Å². The smallest absolute Gasteiger partial charge is 0.259 e. The third-order valence-electron chi connectivity index (χ3n) is 5.27. The number of para-hydroxylation sites is 1. The highest BCUT2D eigenvalue weighted by Crippen LogP contribution is 2.32. The van der Waals surface area contributed by atoms with E-state index in [1.54, 1.807) is 6.20 Å². The average Bonchev–Trinajstić information content (AvgIpc) is 3.17. The molecule has 0 aliphatic carbocycles. The Balaban J connectivity index is 1.73. The van der Waals surface area contributed by atoms with Crippen molar-refractivity contribution < 1.29 is 4.79 Å². The Morgan fingerprint density at radius 2 is 2.00 bits per heavy atom.